The molecule has 1 heterocycles. The van der Waals surface area contributed by atoms with E-state index in [1.165, 1.54) is 11.1 Å². The Morgan fingerprint density at radius 3 is 2.61 bits per heavy atom. The van der Waals surface area contributed by atoms with Gasteiger partial charge < -0.3 is 9.84 Å². The second-order valence-electron chi connectivity index (χ2n) is 6.82. The van der Waals surface area contributed by atoms with Gasteiger partial charge >= 0.3 is 0 Å². The normalized spacial score (nSPS) is 11.1. The van der Waals surface area contributed by atoms with Crippen molar-refractivity contribution in [1.29, 1.82) is 0 Å². The number of aromatic nitrogens is 2. The molecule has 3 rings (SSSR count). The molecule has 3 aromatic rings. The van der Waals surface area contributed by atoms with Crippen LogP contribution in [0.1, 0.15) is 24.0 Å². The zero-order chi connectivity index (χ0) is 19.9. The Morgan fingerprint density at radius 1 is 1.11 bits per heavy atom. The average molecular weight is 399 g/mol. The zero-order valence-corrected chi connectivity index (χ0v) is 17.2. The number of fused-ring (bicyclic) bond motifs is 1. The van der Waals surface area contributed by atoms with Gasteiger partial charge in [0.2, 0.25) is 0 Å². The average Bonchev–Trinajstić information content (AvgIpc) is 2.66. The van der Waals surface area contributed by atoms with Crippen molar-refractivity contribution < 1.29 is 9.84 Å². The first kappa shape index (κ1) is 20.4. The number of aryl methyl sites for hydroxylation is 2. The maximum atomic E-state index is 12.8. The highest BCUT2D eigenvalue weighted by Gasteiger charge is 2.11. The topological polar surface area (TPSA) is 64.3 Å². The number of nitrogens with zero attached hydrogens (tertiary/aromatic N) is 2. The Labute approximate surface area is 169 Å². The second kappa shape index (κ2) is 9.75. The lowest BCUT2D eigenvalue weighted by molar-refractivity contribution is 0.276. The van der Waals surface area contributed by atoms with Crippen LogP contribution in [0.3, 0.4) is 0 Å². The third-order valence-corrected chi connectivity index (χ3v) is 5.41. The van der Waals surface area contributed by atoms with Crippen LogP contribution in [0.25, 0.3) is 10.9 Å². The van der Waals surface area contributed by atoms with Crippen LogP contribution in [0.2, 0.25) is 0 Å². The SMILES string of the molecule is Cc1cc(C)cc(OCCCSc2nc3ccccc3c(=O)n2CCCO)c1. The van der Waals surface area contributed by atoms with Crippen LogP contribution in [0.5, 0.6) is 5.75 Å². The number of hydrogen-bond donors (Lipinski definition) is 1. The molecule has 1 N–H and O–H groups in total. The Morgan fingerprint density at radius 2 is 1.86 bits per heavy atom. The Balaban J connectivity index is 1.65. The molecule has 0 aliphatic carbocycles. The number of rotatable bonds is 9. The van der Waals surface area contributed by atoms with E-state index in [-0.39, 0.29) is 12.2 Å². The van der Waals surface area contributed by atoms with Crippen molar-refractivity contribution in [3.63, 3.8) is 0 Å². The van der Waals surface area contributed by atoms with Crippen LogP contribution < -0.4 is 10.3 Å². The molecule has 1 aromatic heterocycles. The number of benzene rings is 2. The summed E-state index contributed by atoms with van der Waals surface area (Å²) in [6, 6.07) is 13.6. The van der Waals surface area contributed by atoms with Crippen LogP contribution in [0, 0.1) is 13.8 Å². The van der Waals surface area contributed by atoms with Crippen molar-refractivity contribution in [3.05, 3.63) is 63.9 Å². The lowest BCUT2D eigenvalue weighted by Crippen LogP contribution is -2.24. The van der Waals surface area contributed by atoms with E-state index in [4.69, 9.17) is 9.84 Å². The van der Waals surface area contributed by atoms with Gasteiger partial charge in [-0.25, -0.2) is 4.98 Å². The summed E-state index contributed by atoms with van der Waals surface area (Å²) in [6.45, 7) is 5.26. The van der Waals surface area contributed by atoms with Gasteiger partial charge in [0.25, 0.3) is 5.56 Å². The summed E-state index contributed by atoms with van der Waals surface area (Å²) in [5.74, 6) is 1.69. The standard InChI is InChI=1S/C22H26N2O3S/c1-16-13-17(2)15-18(14-16)27-11-6-12-28-22-23-20-8-4-3-7-19(20)21(26)24(22)9-5-10-25/h3-4,7-8,13-15,25H,5-6,9-12H2,1-2H3. The molecule has 6 heteroatoms. The Bertz CT molecular complexity index is 980. The lowest BCUT2D eigenvalue weighted by Gasteiger charge is -2.13. The second-order valence-corrected chi connectivity index (χ2v) is 7.88. The molecule has 0 radical (unpaired) electrons. The molecule has 148 valence electrons. The van der Waals surface area contributed by atoms with E-state index >= 15 is 0 Å². The summed E-state index contributed by atoms with van der Waals surface area (Å²) < 4.78 is 7.53. The van der Waals surface area contributed by atoms with Crippen LogP contribution in [-0.2, 0) is 6.54 Å². The van der Waals surface area contributed by atoms with Crippen LogP contribution in [-0.4, -0.2) is 33.6 Å². The predicted molar refractivity (Wildman–Crippen MR) is 114 cm³/mol. The first-order valence-electron chi connectivity index (χ1n) is 9.53. The van der Waals surface area contributed by atoms with Crippen LogP contribution in [0.4, 0.5) is 0 Å². The molecule has 0 atom stereocenters. The van der Waals surface area contributed by atoms with Crippen molar-refractivity contribution >= 4 is 22.7 Å². The third-order valence-electron chi connectivity index (χ3n) is 4.35. The predicted octanol–water partition coefficient (Wildman–Crippen LogP) is 3.96. The highest BCUT2D eigenvalue weighted by Crippen LogP contribution is 2.20. The van der Waals surface area contributed by atoms with Crippen molar-refractivity contribution in [2.24, 2.45) is 0 Å². The monoisotopic (exact) mass is 398 g/mol. The molecule has 0 spiro atoms. The number of ether oxygens (including phenoxy) is 1. The van der Waals surface area contributed by atoms with Crippen LogP contribution >= 0.6 is 11.8 Å². The summed E-state index contributed by atoms with van der Waals surface area (Å²) in [5, 5.41) is 10.5. The van der Waals surface area contributed by atoms with E-state index in [2.05, 4.69) is 24.9 Å². The number of para-hydroxylation sites is 1. The summed E-state index contributed by atoms with van der Waals surface area (Å²) in [7, 11) is 0. The van der Waals surface area contributed by atoms with Crippen molar-refractivity contribution in [2.45, 2.75) is 38.4 Å². The van der Waals surface area contributed by atoms with Gasteiger partial charge in [0.05, 0.1) is 17.5 Å². The fraction of sp³-hybridized carbons (Fsp3) is 0.364. The van der Waals surface area contributed by atoms with Gasteiger partial charge in [0, 0.05) is 18.9 Å². The zero-order valence-electron chi connectivity index (χ0n) is 16.4. The quantitative estimate of drug-likeness (QED) is 0.336. The molecule has 0 saturated carbocycles. The molecule has 0 aliphatic heterocycles. The summed E-state index contributed by atoms with van der Waals surface area (Å²) >= 11 is 1.56. The number of thioether (sulfide) groups is 1. The highest BCUT2D eigenvalue weighted by molar-refractivity contribution is 7.99. The number of aliphatic hydroxyl groups excluding tert-OH is 1. The van der Waals surface area contributed by atoms with Gasteiger partial charge in [0.1, 0.15) is 5.75 Å². The molecule has 0 bridgehead atoms. The molecule has 0 saturated heterocycles. The van der Waals surface area contributed by atoms with Gasteiger partial charge in [-0.05, 0) is 62.1 Å². The Hall–Kier alpha value is -2.31. The molecular weight excluding hydrogens is 372 g/mol. The van der Waals surface area contributed by atoms with E-state index in [1.54, 1.807) is 22.4 Å². The summed E-state index contributed by atoms with van der Waals surface area (Å²) in [5.41, 5.74) is 3.05. The van der Waals surface area contributed by atoms with E-state index in [9.17, 15) is 4.79 Å². The maximum absolute atomic E-state index is 12.8. The van der Waals surface area contributed by atoms with Gasteiger partial charge in [-0.1, -0.05) is 30.0 Å². The minimum absolute atomic E-state index is 0.0481. The highest BCUT2D eigenvalue weighted by atomic mass is 32.2. The van der Waals surface area contributed by atoms with Crippen molar-refractivity contribution in [2.75, 3.05) is 19.0 Å². The van der Waals surface area contributed by atoms with Gasteiger partial charge in [-0.3, -0.25) is 9.36 Å². The molecule has 0 aliphatic rings. The smallest absolute Gasteiger partial charge is 0.262 e. The first-order chi connectivity index (χ1) is 13.6. The van der Waals surface area contributed by atoms with E-state index in [0.717, 1.165) is 17.9 Å². The molecule has 2 aromatic carbocycles. The van der Waals surface area contributed by atoms with Gasteiger partial charge in [-0.2, -0.15) is 0 Å². The van der Waals surface area contributed by atoms with E-state index in [1.807, 2.05) is 30.3 Å². The molecular formula is C22H26N2O3S. The third kappa shape index (κ3) is 5.14. The summed E-state index contributed by atoms with van der Waals surface area (Å²) in [6.07, 6.45) is 1.38. The first-order valence-corrected chi connectivity index (χ1v) is 10.5. The molecule has 0 fully saturated rings. The van der Waals surface area contributed by atoms with Crippen molar-refractivity contribution in [1.82, 2.24) is 9.55 Å². The van der Waals surface area contributed by atoms with E-state index < -0.39 is 0 Å². The fourth-order valence-electron chi connectivity index (χ4n) is 3.11. The minimum atomic E-state index is -0.0481. The van der Waals surface area contributed by atoms with E-state index in [0.29, 0.717) is 35.6 Å². The fourth-order valence-corrected chi connectivity index (χ4v) is 4.05. The Kier molecular flexibility index (Phi) is 7.12. The molecule has 28 heavy (non-hydrogen) atoms. The largest absolute Gasteiger partial charge is 0.494 e. The molecule has 0 amide bonds. The number of aliphatic hydroxyl groups is 1. The minimum Gasteiger partial charge on any atom is -0.494 e. The van der Waals surface area contributed by atoms with Crippen molar-refractivity contribution in [3.8, 4) is 5.75 Å². The van der Waals surface area contributed by atoms with Gasteiger partial charge in [0.15, 0.2) is 5.16 Å². The lowest BCUT2D eigenvalue weighted by atomic mass is 10.1. The number of hydrogen-bond acceptors (Lipinski definition) is 5. The summed E-state index contributed by atoms with van der Waals surface area (Å²) in [4.78, 5) is 17.5. The molecule has 5 nitrogen and oxygen atoms in total. The van der Waals surface area contributed by atoms with Gasteiger partial charge in [-0.15, -0.1) is 0 Å². The van der Waals surface area contributed by atoms with Crippen LogP contribution in [0.15, 0.2) is 52.4 Å². The molecule has 0 unspecified atom stereocenters. The maximum Gasteiger partial charge on any atom is 0.262 e.